The molecule has 0 spiro atoms. The summed E-state index contributed by atoms with van der Waals surface area (Å²) in [6, 6.07) is 0. The Labute approximate surface area is 83.3 Å². The maximum Gasteiger partial charge on any atom is 0.270 e. The Hall–Kier alpha value is -0.420. The van der Waals surface area contributed by atoms with Crippen LogP contribution in [0.5, 0.6) is 0 Å². The summed E-state index contributed by atoms with van der Waals surface area (Å²) in [5.74, 6) is -0.109. The predicted molar refractivity (Wildman–Crippen MR) is 52.8 cm³/mol. The van der Waals surface area contributed by atoms with Gasteiger partial charge in [-0.1, -0.05) is 22.9 Å². The molecule has 1 amide bonds. The van der Waals surface area contributed by atoms with Crippen LogP contribution >= 0.6 is 27.3 Å². The largest absolute Gasteiger partial charge is 0.350 e. The first-order chi connectivity index (χ1) is 5.70. The van der Waals surface area contributed by atoms with Crippen molar-refractivity contribution < 1.29 is 4.79 Å². The molecule has 0 saturated carbocycles. The van der Waals surface area contributed by atoms with E-state index in [4.69, 9.17) is 0 Å². The number of nitrogens with one attached hydrogen (secondary N) is 1. The quantitative estimate of drug-likeness (QED) is 0.828. The fraction of sp³-hybridized carbons (Fsp3) is 0.429. The van der Waals surface area contributed by atoms with Gasteiger partial charge in [-0.15, -0.1) is 11.3 Å². The first-order valence-corrected chi connectivity index (χ1v) is 5.36. The summed E-state index contributed by atoms with van der Waals surface area (Å²) in [5, 5.41) is 4.47. The van der Waals surface area contributed by atoms with Gasteiger partial charge in [0.25, 0.3) is 5.91 Å². The van der Waals surface area contributed by atoms with Crippen molar-refractivity contribution in [1.82, 2.24) is 10.3 Å². The maximum absolute atomic E-state index is 11.2. The molecule has 0 bridgehead atoms. The number of carbonyl (C=O) groups is 1. The van der Waals surface area contributed by atoms with Gasteiger partial charge < -0.3 is 5.32 Å². The molecule has 12 heavy (non-hydrogen) atoms. The van der Waals surface area contributed by atoms with Crippen LogP contribution in [0.25, 0.3) is 0 Å². The number of thiazole rings is 1. The van der Waals surface area contributed by atoms with Crippen molar-refractivity contribution in [3.8, 4) is 0 Å². The molecule has 1 aromatic rings. The van der Waals surface area contributed by atoms with Crippen molar-refractivity contribution in [2.75, 3.05) is 6.54 Å². The second-order valence-corrected chi connectivity index (χ2v) is 4.65. The molecule has 1 N–H and O–H groups in total. The summed E-state index contributed by atoms with van der Waals surface area (Å²) in [6.07, 6.45) is 0. The van der Waals surface area contributed by atoms with Gasteiger partial charge in [0, 0.05) is 16.8 Å². The lowest BCUT2D eigenvalue weighted by Crippen LogP contribution is -2.28. The van der Waals surface area contributed by atoms with E-state index in [1.54, 1.807) is 10.9 Å². The van der Waals surface area contributed by atoms with Gasteiger partial charge in [0.15, 0.2) is 0 Å². The van der Waals surface area contributed by atoms with Crippen LogP contribution in [0.4, 0.5) is 0 Å². The first kappa shape index (κ1) is 9.67. The van der Waals surface area contributed by atoms with Crippen molar-refractivity contribution in [2.45, 2.75) is 11.8 Å². The van der Waals surface area contributed by atoms with Crippen molar-refractivity contribution >= 4 is 33.2 Å². The number of rotatable bonds is 3. The Morgan fingerprint density at radius 2 is 2.67 bits per heavy atom. The van der Waals surface area contributed by atoms with E-state index in [2.05, 4.69) is 26.2 Å². The highest BCUT2D eigenvalue weighted by molar-refractivity contribution is 9.09. The van der Waals surface area contributed by atoms with Gasteiger partial charge in [-0.05, 0) is 0 Å². The molecular formula is C7H9BrN2OS. The lowest BCUT2D eigenvalue weighted by atomic mass is 10.4. The number of alkyl halides is 1. The van der Waals surface area contributed by atoms with E-state index < -0.39 is 0 Å². The number of aromatic nitrogens is 1. The minimum Gasteiger partial charge on any atom is -0.350 e. The minimum absolute atomic E-state index is 0.109. The summed E-state index contributed by atoms with van der Waals surface area (Å²) in [4.78, 5) is 15.4. The smallest absolute Gasteiger partial charge is 0.270 e. The molecular weight excluding hydrogens is 240 g/mol. The monoisotopic (exact) mass is 248 g/mol. The van der Waals surface area contributed by atoms with E-state index >= 15 is 0 Å². The van der Waals surface area contributed by atoms with Crippen LogP contribution in [0.2, 0.25) is 0 Å². The van der Waals surface area contributed by atoms with Crippen LogP contribution in [0.15, 0.2) is 10.9 Å². The van der Waals surface area contributed by atoms with Gasteiger partial charge in [-0.3, -0.25) is 4.79 Å². The number of halogens is 1. The predicted octanol–water partition coefficient (Wildman–Crippen LogP) is 1.66. The van der Waals surface area contributed by atoms with Crippen molar-refractivity contribution in [1.29, 1.82) is 0 Å². The van der Waals surface area contributed by atoms with Crippen LogP contribution < -0.4 is 5.32 Å². The number of carbonyl (C=O) groups excluding carboxylic acids is 1. The summed E-state index contributed by atoms with van der Waals surface area (Å²) >= 11 is 4.75. The fourth-order valence-corrected chi connectivity index (χ4v) is 1.34. The van der Waals surface area contributed by atoms with E-state index in [9.17, 15) is 4.79 Å². The van der Waals surface area contributed by atoms with Gasteiger partial charge in [-0.2, -0.15) is 0 Å². The van der Waals surface area contributed by atoms with Crippen molar-refractivity contribution in [3.05, 3.63) is 16.6 Å². The third kappa shape index (κ3) is 2.91. The van der Waals surface area contributed by atoms with E-state index in [1.807, 2.05) is 6.92 Å². The van der Waals surface area contributed by atoms with Crippen LogP contribution in [0.1, 0.15) is 17.4 Å². The zero-order chi connectivity index (χ0) is 8.97. The zero-order valence-electron chi connectivity index (χ0n) is 6.58. The molecule has 1 heterocycles. The second-order valence-electron chi connectivity index (χ2n) is 2.36. The molecule has 0 aliphatic carbocycles. The van der Waals surface area contributed by atoms with E-state index in [0.717, 1.165) is 0 Å². The minimum atomic E-state index is -0.109. The number of hydrogen-bond acceptors (Lipinski definition) is 3. The van der Waals surface area contributed by atoms with Gasteiger partial charge in [0.1, 0.15) is 5.69 Å². The molecule has 0 saturated heterocycles. The highest BCUT2D eigenvalue weighted by atomic mass is 79.9. The molecule has 5 heteroatoms. The summed E-state index contributed by atoms with van der Waals surface area (Å²) < 4.78 is 0. The Bertz CT molecular complexity index is 248. The highest BCUT2D eigenvalue weighted by Crippen LogP contribution is 2.01. The SMILES string of the molecule is CC(Br)CNC(=O)c1cscn1. The Balaban J connectivity index is 2.40. The fourth-order valence-electron chi connectivity index (χ4n) is 0.649. The van der Waals surface area contributed by atoms with E-state index in [0.29, 0.717) is 17.1 Å². The van der Waals surface area contributed by atoms with Gasteiger partial charge in [-0.25, -0.2) is 4.98 Å². The number of amides is 1. The second kappa shape index (κ2) is 4.57. The summed E-state index contributed by atoms with van der Waals surface area (Å²) in [6.45, 7) is 2.59. The topological polar surface area (TPSA) is 42.0 Å². The average Bonchev–Trinajstić information content (AvgIpc) is 2.51. The summed E-state index contributed by atoms with van der Waals surface area (Å²) in [7, 11) is 0. The molecule has 0 aliphatic rings. The molecule has 0 aliphatic heterocycles. The molecule has 0 radical (unpaired) electrons. The normalized spacial score (nSPS) is 12.5. The van der Waals surface area contributed by atoms with Crippen molar-refractivity contribution in [3.63, 3.8) is 0 Å². The molecule has 1 aromatic heterocycles. The number of hydrogen-bond donors (Lipinski definition) is 1. The molecule has 3 nitrogen and oxygen atoms in total. The van der Waals surface area contributed by atoms with Crippen LogP contribution in [-0.2, 0) is 0 Å². The summed E-state index contributed by atoms with van der Waals surface area (Å²) in [5.41, 5.74) is 2.14. The Morgan fingerprint density at radius 3 is 3.17 bits per heavy atom. The lowest BCUT2D eigenvalue weighted by molar-refractivity contribution is 0.0950. The first-order valence-electron chi connectivity index (χ1n) is 3.50. The lowest BCUT2D eigenvalue weighted by Gasteiger charge is -2.03. The van der Waals surface area contributed by atoms with Crippen LogP contribution in [-0.4, -0.2) is 22.3 Å². The molecule has 0 fully saturated rings. The van der Waals surface area contributed by atoms with E-state index in [-0.39, 0.29) is 5.91 Å². The van der Waals surface area contributed by atoms with Crippen LogP contribution in [0.3, 0.4) is 0 Å². The molecule has 1 rings (SSSR count). The third-order valence-electron chi connectivity index (χ3n) is 1.21. The Kier molecular flexibility index (Phi) is 3.68. The average molecular weight is 249 g/mol. The molecule has 66 valence electrons. The zero-order valence-corrected chi connectivity index (χ0v) is 8.98. The maximum atomic E-state index is 11.2. The molecule has 1 atom stereocenters. The molecule has 1 unspecified atom stereocenters. The van der Waals surface area contributed by atoms with Gasteiger partial charge >= 0.3 is 0 Å². The number of nitrogens with zero attached hydrogens (tertiary/aromatic N) is 1. The highest BCUT2D eigenvalue weighted by Gasteiger charge is 2.06. The van der Waals surface area contributed by atoms with Gasteiger partial charge in [0.05, 0.1) is 5.51 Å². The van der Waals surface area contributed by atoms with Crippen LogP contribution in [0, 0.1) is 0 Å². The standard InChI is InChI=1S/C7H9BrN2OS/c1-5(8)2-9-7(11)6-3-12-4-10-6/h3-5H,2H2,1H3,(H,9,11). The third-order valence-corrected chi connectivity index (χ3v) is 2.12. The van der Waals surface area contributed by atoms with E-state index in [1.165, 1.54) is 11.3 Å². The molecule has 0 aromatic carbocycles. The van der Waals surface area contributed by atoms with Crippen molar-refractivity contribution in [2.24, 2.45) is 0 Å². The Morgan fingerprint density at radius 1 is 1.92 bits per heavy atom. The van der Waals surface area contributed by atoms with Gasteiger partial charge in [0.2, 0.25) is 0 Å².